The summed E-state index contributed by atoms with van der Waals surface area (Å²) in [5.41, 5.74) is 7.74. The predicted octanol–water partition coefficient (Wildman–Crippen LogP) is 3.47. The van der Waals surface area contributed by atoms with Crippen molar-refractivity contribution in [2.24, 2.45) is 12.0 Å². The Balaban J connectivity index is 1.63. The van der Waals surface area contributed by atoms with Crippen molar-refractivity contribution in [1.82, 2.24) is 29.6 Å². The summed E-state index contributed by atoms with van der Waals surface area (Å²) in [5.74, 6) is 5.99. The maximum absolute atomic E-state index is 14.1. The molecule has 5 rings (SSSR count). The summed E-state index contributed by atoms with van der Waals surface area (Å²) >= 11 is 0. The van der Waals surface area contributed by atoms with Gasteiger partial charge in [-0.1, -0.05) is 42.8 Å². The lowest BCUT2D eigenvalue weighted by Gasteiger charge is -2.20. The number of nitrogen functional groups attached to an aromatic ring is 1. The molecule has 3 N–H and O–H groups in total. The number of hydrogen-bond acceptors (Lipinski definition) is 8. The highest BCUT2D eigenvalue weighted by Gasteiger charge is 2.25. The molecule has 0 fully saturated rings. The zero-order valence-electron chi connectivity index (χ0n) is 21.7. The number of carbonyl (C=O) groups excluding carboxylic acids is 1. The Labute approximate surface area is 228 Å². The summed E-state index contributed by atoms with van der Waals surface area (Å²) in [6.07, 6.45) is 5.63. The summed E-state index contributed by atoms with van der Waals surface area (Å²) in [5, 5.41) is 7.36. The van der Waals surface area contributed by atoms with Crippen molar-refractivity contribution < 1.29 is 9.21 Å². The van der Waals surface area contributed by atoms with Crippen LogP contribution in [0.25, 0.3) is 16.6 Å². The Morgan fingerprint density at radius 3 is 2.73 bits per heavy atom. The minimum Gasteiger partial charge on any atom is -0.450 e. The lowest BCUT2D eigenvalue weighted by Crippen LogP contribution is -2.33. The van der Waals surface area contributed by atoms with Crippen LogP contribution in [0.2, 0.25) is 0 Å². The molecular formula is C29H24N8O3. The van der Waals surface area contributed by atoms with Gasteiger partial charge in [0.25, 0.3) is 11.5 Å². The third-order valence-electron chi connectivity index (χ3n) is 6.00. The predicted molar refractivity (Wildman–Crippen MR) is 152 cm³/mol. The number of rotatable bonds is 6. The van der Waals surface area contributed by atoms with E-state index in [4.69, 9.17) is 15.1 Å². The highest BCUT2D eigenvalue weighted by molar-refractivity contribution is 6.03. The first-order chi connectivity index (χ1) is 19.4. The van der Waals surface area contributed by atoms with Crippen molar-refractivity contribution >= 4 is 34.7 Å². The van der Waals surface area contributed by atoms with Gasteiger partial charge in [-0.05, 0) is 37.1 Å². The average Bonchev–Trinajstić information content (AvgIpc) is 3.57. The molecule has 0 aliphatic heterocycles. The minimum atomic E-state index is -0.717. The molecule has 0 spiro atoms. The topological polar surface area (TPSA) is 146 Å². The van der Waals surface area contributed by atoms with Gasteiger partial charge in [-0.15, -0.1) is 0 Å². The molecule has 1 amide bonds. The van der Waals surface area contributed by atoms with Crippen LogP contribution in [0.15, 0.2) is 88.0 Å². The van der Waals surface area contributed by atoms with Gasteiger partial charge in [-0.3, -0.25) is 14.2 Å². The van der Waals surface area contributed by atoms with Crippen LogP contribution < -0.4 is 16.6 Å². The highest BCUT2D eigenvalue weighted by atomic mass is 16.3. The molecule has 11 heteroatoms. The number of anilines is 1. The number of nitrogens with two attached hydrogens (primary N) is 1. The monoisotopic (exact) mass is 532 g/mol. The molecule has 5 aromatic rings. The lowest BCUT2D eigenvalue weighted by molar-refractivity contribution is 0.0939. The van der Waals surface area contributed by atoms with Crippen LogP contribution in [0.3, 0.4) is 0 Å². The van der Waals surface area contributed by atoms with E-state index in [1.807, 2.05) is 18.2 Å². The molecule has 11 nitrogen and oxygen atoms in total. The number of amides is 1. The van der Waals surface area contributed by atoms with E-state index in [0.717, 1.165) is 0 Å². The van der Waals surface area contributed by atoms with Crippen LogP contribution in [0.5, 0.6) is 0 Å². The molecular weight excluding hydrogens is 508 g/mol. The average molecular weight is 533 g/mol. The van der Waals surface area contributed by atoms with E-state index in [2.05, 4.69) is 38.8 Å². The molecule has 0 aliphatic carbocycles. The normalized spacial score (nSPS) is 11.8. The van der Waals surface area contributed by atoms with Gasteiger partial charge in [0.1, 0.15) is 17.7 Å². The number of allylic oxidation sites excluding steroid dienone is 1. The van der Waals surface area contributed by atoms with Gasteiger partial charge in [-0.2, -0.15) is 5.10 Å². The van der Waals surface area contributed by atoms with Crippen LogP contribution in [-0.4, -0.2) is 36.4 Å². The molecule has 2 aromatic carbocycles. The van der Waals surface area contributed by atoms with E-state index < -0.39 is 11.9 Å². The molecule has 40 heavy (non-hydrogen) atoms. The molecule has 0 bridgehead atoms. The van der Waals surface area contributed by atoms with Crippen molar-refractivity contribution in [1.29, 1.82) is 0 Å². The molecule has 0 saturated heterocycles. The second-order valence-corrected chi connectivity index (χ2v) is 8.69. The first-order valence-electron chi connectivity index (χ1n) is 12.2. The van der Waals surface area contributed by atoms with Crippen LogP contribution in [-0.2, 0) is 7.05 Å². The molecule has 0 radical (unpaired) electrons. The molecule has 198 valence electrons. The van der Waals surface area contributed by atoms with Crippen molar-refractivity contribution in [3.63, 3.8) is 0 Å². The van der Waals surface area contributed by atoms with E-state index in [1.165, 1.54) is 34.2 Å². The van der Waals surface area contributed by atoms with E-state index in [-0.39, 0.29) is 22.8 Å². The van der Waals surface area contributed by atoms with E-state index >= 15 is 0 Å². The van der Waals surface area contributed by atoms with E-state index in [9.17, 15) is 9.59 Å². The second-order valence-electron chi connectivity index (χ2n) is 8.69. The van der Waals surface area contributed by atoms with Crippen LogP contribution >= 0.6 is 0 Å². The number of hydrogen-bond donors (Lipinski definition) is 2. The fraction of sp³-hybridized carbons (Fsp3) is 0.103. The molecule has 1 unspecified atom stereocenters. The third-order valence-corrected chi connectivity index (χ3v) is 6.00. The largest absolute Gasteiger partial charge is 0.450 e. The van der Waals surface area contributed by atoms with Gasteiger partial charge in [0, 0.05) is 18.8 Å². The number of aliphatic imine (C=N–C) groups is 1. The standard InChI is InChI=1S/C29H24N8O3/c1-4-15-31-27-24(25(30)35-36(27)3)28(38)33-18(2)26-34-22-12-8-9-19(13-14-20-16-40-17-32-20)23(22)29(39)37(26)21-10-6-5-7-11-21/h4-12,15-18H,1H2,2-3H3,(H2,30,35)(H,33,38)/b31-15-. The number of nitrogens with zero attached hydrogens (tertiary/aromatic N) is 6. The number of carbonyl (C=O) groups is 1. The Morgan fingerprint density at radius 1 is 1.20 bits per heavy atom. The quantitative estimate of drug-likeness (QED) is 0.251. The molecule has 1 atom stereocenters. The number of fused-ring (bicyclic) bond motifs is 1. The Bertz CT molecular complexity index is 1870. The Hall–Kier alpha value is -5.76. The Kier molecular flexibility index (Phi) is 7.07. The minimum absolute atomic E-state index is 0.0191. The fourth-order valence-corrected chi connectivity index (χ4v) is 4.23. The molecule has 0 saturated carbocycles. The maximum atomic E-state index is 14.1. The second kappa shape index (κ2) is 10.9. The third kappa shape index (κ3) is 4.89. The van der Waals surface area contributed by atoms with Gasteiger partial charge in [0.05, 0.1) is 22.6 Å². The van der Waals surface area contributed by atoms with E-state index in [0.29, 0.717) is 33.7 Å². The molecule has 0 aliphatic rings. The first-order valence-corrected chi connectivity index (χ1v) is 12.2. The zero-order valence-corrected chi connectivity index (χ0v) is 21.7. The summed E-state index contributed by atoms with van der Waals surface area (Å²) in [4.78, 5) is 40.5. The lowest BCUT2D eigenvalue weighted by atomic mass is 10.1. The number of aryl methyl sites for hydroxylation is 1. The number of para-hydroxylation sites is 1. The van der Waals surface area contributed by atoms with Crippen molar-refractivity contribution in [2.45, 2.75) is 13.0 Å². The van der Waals surface area contributed by atoms with Crippen molar-refractivity contribution in [3.8, 4) is 17.5 Å². The number of aromatic nitrogens is 5. The number of benzene rings is 2. The zero-order chi connectivity index (χ0) is 28.2. The van der Waals surface area contributed by atoms with Gasteiger partial charge >= 0.3 is 0 Å². The number of oxazole rings is 1. The number of nitrogens with one attached hydrogen (secondary N) is 1. The Morgan fingerprint density at radius 2 is 2.00 bits per heavy atom. The van der Waals surface area contributed by atoms with Crippen LogP contribution in [0, 0.1) is 11.8 Å². The van der Waals surface area contributed by atoms with Crippen molar-refractivity contribution in [2.75, 3.05) is 5.73 Å². The molecule has 3 aromatic heterocycles. The molecule has 3 heterocycles. The van der Waals surface area contributed by atoms with Gasteiger partial charge in [0.15, 0.2) is 23.7 Å². The maximum Gasteiger partial charge on any atom is 0.267 e. The fourth-order valence-electron chi connectivity index (χ4n) is 4.23. The highest BCUT2D eigenvalue weighted by Crippen LogP contribution is 2.26. The summed E-state index contributed by atoms with van der Waals surface area (Å²) in [6.45, 7) is 5.34. The first kappa shape index (κ1) is 25.9. The summed E-state index contributed by atoms with van der Waals surface area (Å²) in [7, 11) is 1.63. The summed E-state index contributed by atoms with van der Waals surface area (Å²) < 4.78 is 7.86. The SMILES string of the molecule is C=C/C=N\c1c(C(=O)NC(C)c2nc3cccc(C#Cc4cocn4)c3c(=O)n2-c2ccccc2)c(N)nn1C. The van der Waals surface area contributed by atoms with Gasteiger partial charge in [-0.25, -0.2) is 19.6 Å². The van der Waals surface area contributed by atoms with Crippen molar-refractivity contribution in [3.05, 3.63) is 107 Å². The van der Waals surface area contributed by atoms with E-state index in [1.54, 1.807) is 44.3 Å². The summed E-state index contributed by atoms with van der Waals surface area (Å²) in [6, 6.07) is 13.6. The van der Waals surface area contributed by atoms with Crippen LogP contribution in [0.1, 0.15) is 40.4 Å². The van der Waals surface area contributed by atoms with Gasteiger partial charge in [0.2, 0.25) is 0 Å². The van der Waals surface area contributed by atoms with Crippen LogP contribution in [0.4, 0.5) is 11.6 Å². The van der Waals surface area contributed by atoms with Gasteiger partial charge < -0.3 is 15.5 Å². The smallest absolute Gasteiger partial charge is 0.267 e.